The molecular formula is C14H15NO3. The molecule has 0 fully saturated rings. The molecule has 18 heavy (non-hydrogen) atoms. The molecule has 1 heterocycles. The van der Waals surface area contributed by atoms with E-state index in [1.165, 1.54) is 0 Å². The Labute approximate surface area is 106 Å². The minimum atomic E-state index is -0.458. The van der Waals surface area contributed by atoms with E-state index in [9.17, 15) is 4.79 Å². The summed E-state index contributed by atoms with van der Waals surface area (Å²) in [7, 11) is 0. The summed E-state index contributed by atoms with van der Waals surface area (Å²) in [4.78, 5) is 11.6. The molecule has 1 amide bonds. The number of ether oxygens (including phenoxy) is 1. The molecule has 94 valence electrons. The van der Waals surface area contributed by atoms with E-state index in [1.807, 2.05) is 37.3 Å². The van der Waals surface area contributed by atoms with E-state index in [2.05, 4.69) is 5.32 Å². The summed E-state index contributed by atoms with van der Waals surface area (Å²) < 4.78 is 10.3. The number of para-hydroxylation sites is 1. The number of nitrogens with one attached hydrogen (secondary N) is 1. The molecule has 0 bridgehead atoms. The fourth-order valence-electron chi connectivity index (χ4n) is 1.61. The van der Waals surface area contributed by atoms with Gasteiger partial charge in [0.2, 0.25) is 0 Å². The SMILES string of the molecule is C[C@@H](Cc1ccco1)NC(=O)Oc1ccccc1. The third kappa shape index (κ3) is 3.66. The molecule has 1 atom stereocenters. The highest BCUT2D eigenvalue weighted by Gasteiger charge is 2.10. The minimum absolute atomic E-state index is 0.0487. The van der Waals surface area contributed by atoms with Crippen LogP contribution in [0.1, 0.15) is 12.7 Å². The van der Waals surface area contributed by atoms with Crippen molar-refractivity contribution in [2.24, 2.45) is 0 Å². The summed E-state index contributed by atoms with van der Waals surface area (Å²) in [6, 6.07) is 12.6. The molecule has 0 unspecified atom stereocenters. The molecule has 1 aromatic heterocycles. The highest BCUT2D eigenvalue weighted by atomic mass is 16.6. The molecule has 2 rings (SSSR count). The van der Waals surface area contributed by atoms with Crippen molar-refractivity contribution in [2.75, 3.05) is 0 Å². The minimum Gasteiger partial charge on any atom is -0.469 e. The first-order chi connectivity index (χ1) is 8.74. The van der Waals surface area contributed by atoms with Crippen LogP contribution in [-0.2, 0) is 6.42 Å². The van der Waals surface area contributed by atoms with Crippen molar-refractivity contribution in [3.05, 3.63) is 54.5 Å². The highest BCUT2D eigenvalue weighted by Crippen LogP contribution is 2.09. The molecule has 0 spiro atoms. The lowest BCUT2D eigenvalue weighted by Crippen LogP contribution is -2.36. The second-order valence-corrected chi connectivity index (χ2v) is 4.03. The first kappa shape index (κ1) is 12.2. The summed E-state index contributed by atoms with van der Waals surface area (Å²) in [5.41, 5.74) is 0. The van der Waals surface area contributed by atoms with E-state index in [0.29, 0.717) is 12.2 Å². The van der Waals surface area contributed by atoms with Gasteiger partial charge in [-0.1, -0.05) is 18.2 Å². The van der Waals surface area contributed by atoms with Crippen molar-refractivity contribution in [2.45, 2.75) is 19.4 Å². The first-order valence-corrected chi connectivity index (χ1v) is 5.80. The number of benzene rings is 1. The van der Waals surface area contributed by atoms with Crippen LogP contribution in [-0.4, -0.2) is 12.1 Å². The van der Waals surface area contributed by atoms with E-state index in [0.717, 1.165) is 5.76 Å². The lowest BCUT2D eigenvalue weighted by atomic mass is 10.2. The van der Waals surface area contributed by atoms with Gasteiger partial charge in [-0.3, -0.25) is 0 Å². The maximum atomic E-state index is 11.6. The van der Waals surface area contributed by atoms with Crippen molar-refractivity contribution >= 4 is 6.09 Å². The fourth-order valence-corrected chi connectivity index (χ4v) is 1.61. The van der Waals surface area contributed by atoms with Gasteiger partial charge in [-0.2, -0.15) is 0 Å². The summed E-state index contributed by atoms with van der Waals surface area (Å²) in [6.07, 6.45) is 1.79. The molecule has 0 aliphatic heterocycles. The standard InChI is InChI=1S/C14H15NO3/c1-11(10-13-8-5-9-17-13)15-14(16)18-12-6-3-2-4-7-12/h2-9,11H,10H2,1H3,(H,15,16)/t11-/m0/s1. The lowest BCUT2D eigenvalue weighted by molar-refractivity contribution is 0.196. The quantitative estimate of drug-likeness (QED) is 0.900. The van der Waals surface area contributed by atoms with Crippen molar-refractivity contribution in [3.8, 4) is 5.75 Å². The Balaban J connectivity index is 1.80. The third-order valence-corrected chi connectivity index (χ3v) is 2.41. The number of carbonyl (C=O) groups is 1. The van der Waals surface area contributed by atoms with Crippen LogP contribution in [0.25, 0.3) is 0 Å². The van der Waals surface area contributed by atoms with Gasteiger partial charge in [-0.25, -0.2) is 4.79 Å². The summed E-state index contributed by atoms with van der Waals surface area (Å²) >= 11 is 0. The zero-order valence-electron chi connectivity index (χ0n) is 10.1. The van der Waals surface area contributed by atoms with Crippen LogP contribution in [0.5, 0.6) is 5.75 Å². The summed E-state index contributed by atoms with van der Waals surface area (Å²) in [5.74, 6) is 1.36. The summed E-state index contributed by atoms with van der Waals surface area (Å²) in [5, 5.41) is 2.75. The van der Waals surface area contributed by atoms with E-state index in [1.54, 1.807) is 18.4 Å². The van der Waals surface area contributed by atoms with E-state index in [-0.39, 0.29) is 6.04 Å². The van der Waals surface area contributed by atoms with Gasteiger partial charge < -0.3 is 14.5 Å². The third-order valence-electron chi connectivity index (χ3n) is 2.41. The second-order valence-electron chi connectivity index (χ2n) is 4.03. The number of hydrogen-bond acceptors (Lipinski definition) is 3. The molecule has 2 aromatic rings. The van der Waals surface area contributed by atoms with Gasteiger partial charge in [-0.15, -0.1) is 0 Å². The smallest absolute Gasteiger partial charge is 0.412 e. The van der Waals surface area contributed by atoms with Gasteiger partial charge in [0, 0.05) is 12.5 Å². The largest absolute Gasteiger partial charge is 0.469 e. The molecule has 1 aromatic carbocycles. The Kier molecular flexibility index (Phi) is 4.02. The monoisotopic (exact) mass is 245 g/mol. The van der Waals surface area contributed by atoms with Crippen LogP contribution in [0.2, 0.25) is 0 Å². The van der Waals surface area contributed by atoms with Gasteiger partial charge in [-0.05, 0) is 31.2 Å². The predicted octanol–water partition coefficient (Wildman–Crippen LogP) is 3.00. The Morgan fingerprint density at radius 1 is 1.28 bits per heavy atom. The van der Waals surface area contributed by atoms with Crippen LogP contribution in [0.3, 0.4) is 0 Å². The fraction of sp³-hybridized carbons (Fsp3) is 0.214. The maximum absolute atomic E-state index is 11.6. The van der Waals surface area contributed by atoms with Gasteiger partial charge in [0.05, 0.1) is 6.26 Å². The van der Waals surface area contributed by atoms with Gasteiger partial charge in [0.1, 0.15) is 11.5 Å². The Morgan fingerprint density at radius 3 is 2.72 bits per heavy atom. The molecule has 0 saturated carbocycles. The van der Waals surface area contributed by atoms with Gasteiger partial charge in [0.15, 0.2) is 0 Å². The lowest BCUT2D eigenvalue weighted by Gasteiger charge is -2.12. The van der Waals surface area contributed by atoms with Crippen molar-refractivity contribution in [3.63, 3.8) is 0 Å². The maximum Gasteiger partial charge on any atom is 0.412 e. The number of hydrogen-bond donors (Lipinski definition) is 1. The zero-order chi connectivity index (χ0) is 12.8. The Bertz CT molecular complexity index is 479. The molecule has 4 heteroatoms. The molecule has 0 saturated heterocycles. The van der Waals surface area contributed by atoms with Crippen molar-refractivity contribution < 1.29 is 13.9 Å². The molecule has 4 nitrogen and oxygen atoms in total. The average molecular weight is 245 g/mol. The van der Waals surface area contributed by atoms with E-state index in [4.69, 9.17) is 9.15 Å². The molecule has 1 N–H and O–H groups in total. The Hall–Kier alpha value is -2.23. The van der Waals surface area contributed by atoms with Crippen LogP contribution in [0, 0.1) is 0 Å². The molecule has 0 aliphatic rings. The van der Waals surface area contributed by atoms with Crippen molar-refractivity contribution in [1.29, 1.82) is 0 Å². The molecule has 0 radical (unpaired) electrons. The number of rotatable bonds is 4. The molecular weight excluding hydrogens is 230 g/mol. The normalized spacial score (nSPS) is 11.8. The van der Waals surface area contributed by atoms with E-state index < -0.39 is 6.09 Å². The summed E-state index contributed by atoms with van der Waals surface area (Å²) in [6.45, 7) is 1.90. The number of carbonyl (C=O) groups excluding carboxylic acids is 1. The topological polar surface area (TPSA) is 51.5 Å². The zero-order valence-corrected chi connectivity index (χ0v) is 10.1. The Morgan fingerprint density at radius 2 is 2.06 bits per heavy atom. The van der Waals surface area contributed by atoms with Crippen LogP contribution < -0.4 is 10.1 Å². The number of furan rings is 1. The van der Waals surface area contributed by atoms with Crippen LogP contribution in [0.15, 0.2) is 53.1 Å². The predicted molar refractivity (Wildman–Crippen MR) is 67.5 cm³/mol. The van der Waals surface area contributed by atoms with E-state index >= 15 is 0 Å². The van der Waals surface area contributed by atoms with Crippen molar-refractivity contribution in [1.82, 2.24) is 5.32 Å². The van der Waals surface area contributed by atoms with Gasteiger partial charge >= 0.3 is 6.09 Å². The number of amides is 1. The second kappa shape index (κ2) is 5.91. The van der Waals surface area contributed by atoms with Gasteiger partial charge in [0.25, 0.3) is 0 Å². The average Bonchev–Trinajstić information content (AvgIpc) is 2.82. The highest BCUT2D eigenvalue weighted by molar-refractivity contribution is 5.70. The first-order valence-electron chi connectivity index (χ1n) is 5.80. The molecule has 0 aliphatic carbocycles. The van der Waals surface area contributed by atoms with Crippen LogP contribution in [0.4, 0.5) is 4.79 Å². The van der Waals surface area contributed by atoms with Crippen LogP contribution >= 0.6 is 0 Å².